The van der Waals surface area contributed by atoms with Crippen LogP contribution in [0, 0.1) is 13.8 Å². The van der Waals surface area contributed by atoms with Crippen molar-refractivity contribution in [3.63, 3.8) is 0 Å². The van der Waals surface area contributed by atoms with Crippen molar-refractivity contribution >= 4 is 17.4 Å². The van der Waals surface area contributed by atoms with E-state index in [0.717, 1.165) is 49.8 Å². The molecule has 6 heteroatoms. The van der Waals surface area contributed by atoms with Gasteiger partial charge >= 0.3 is 0 Å². The van der Waals surface area contributed by atoms with Gasteiger partial charge in [-0.05, 0) is 32.5 Å². The lowest BCUT2D eigenvalue weighted by Gasteiger charge is -2.34. The average molecular weight is 339 g/mol. The number of aryl methyl sites for hydroxylation is 2. The van der Waals surface area contributed by atoms with Crippen molar-refractivity contribution in [1.29, 1.82) is 0 Å². The van der Waals surface area contributed by atoms with Gasteiger partial charge in [-0.25, -0.2) is 9.97 Å². The number of carbonyl (C=O) groups is 1. The summed E-state index contributed by atoms with van der Waals surface area (Å²) >= 11 is 0. The lowest BCUT2D eigenvalue weighted by atomic mass is 10.2. The highest BCUT2D eigenvalue weighted by Crippen LogP contribution is 2.17. The van der Waals surface area contributed by atoms with E-state index in [1.54, 1.807) is 6.07 Å². The number of hydrogen-bond donors (Lipinski definition) is 1. The molecule has 1 aromatic carbocycles. The number of amides is 1. The van der Waals surface area contributed by atoms with Crippen molar-refractivity contribution in [2.24, 2.45) is 0 Å². The van der Waals surface area contributed by atoms with Gasteiger partial charge in [-0.3, -0.25) is 4.79 Å². The molecule has 1 aliphatic rings. The number of benzene rings is 1. The van der Waals surface area contributed by atoms with Crippen LogP contribution in [0.15, 0.2) is 30.3 Å². The van der Waals surface area contributed by atoms with Crippen LogP contribution >= 0.6 is 0 Å². The van der Waals surface area contributed by atoms with Gasteiger partial charge in [0, 0.05) is 37.9 Å². The van der Waals surface area contributed by atoms with E-state index in [0.29, 0.717) is 11.5 Å². The lowest BCUT2D eigenvalue weighted by Crippen LogP contribution is -2.46. The van der Waals surface area contributed by atoms with Gasteiger partial charge in [-0.1, -0.05) is 24.6 Å². The third kappa shape index (κ3) is 4.33. The Bertz CT molecular complexity index is 736. The Balaban J connectivity index is 1.74. The quantitative estimate of drug-likeness (QED) is 0.927. The van der Waals surface area contributed by atoms with Crippen molar-refractivity contribution in [3.8, 4) is 0 Å². The number of nitrogens with one attached hydrogen (secondary N) is 1. The molecule has 0 unspecified atom stereocenters. The van der Waals surface area contributed by atoms with Crippen molar-refractivity contribution in [1.82, 2.24) is 14.9 Å². The first-order valence-corrected chi connectivity index (χ1v) is 8.76. The van der Waals surface area contributed by atoms with Crippen LogP contribution in [-0.4, -0.2) is 53.5 Å². The van der Waals surface area contributed by atoms with E-state index in [1.807, 2.05) is 38.1 Å². The summed E-state index contributed by atoms with van der Waals surface area (Å²) in [5.41, 5.74) is 2.33. The van der Waals surface area contributed by atoms with Crippen LogP contribution in [0.25, 0.3) is 0 Å². The second-order valence-corrected chi connectivity index (χ2v) is 6.40. The van der Waals surface area contributed by atoms with Gasteiger partial charge in [0.05, 0.1) is 0 Å². The predicted octanol–water partition coefficient (Wildman–Crippen LogP) is 2.49. The van der Waals surface area contributed by atoms with E-state index in [4.69, 9.17) is 0 Å². The summed E-state index contributed by atoms with van der Waals surface area (Å²) in [6, 6.07) is 9.52. The number of piperazine rings is 1. The summed E-state index contributed by atoms with van der Waals surface area (Å²) < 4.78 is 0. The zero-order valence-corrected chi connectivity index (χ0v) is 15.1. The highest BCUT2D eigenvalue weighted by atomic mass is 16.1. The van der Waals surface area contributed by atoms with Crippen molar-refractivity contribution in [3.05, 3.63) is 47.4 Å². The monoisotopic (exact) mass is 339 g/mol. The van der Waals surface area contributed by atoms with Crippen molar-refractivity contribution < 1.29 is 4.79 Å². The number of hydrogen-bond acceptors (Lipinski definition) is 5. The number of anilines is 2. The molecule has 2 aromatic rings. The summed E-state index contributed by atoms with van der Waals surface area (Å²) in [4.78, 5) is 26.0. The second kappa shape index (κ2) is 7.61. The van der Waals surface area contributed by atoms with Crippen LogP contribution < -0.4 is 10.2 Å². The lowest BCUT2D eigenvalue weighted by molar-refractivity contribution is 0.102. The molecule has 1 fully saturated rings. The fourth-order valence-electron chi connectivity index (χ4n) is 2.96. The van der Waals surface area contributed by atoms with E-state index in [2.05, 4.69) is 32.0 Å². The molecule has 0 saturated carbocycles. The van der Waals surface area contributed by atoms with Crippen LogP contribution in [0.1, 0.15) is 28.8 Å². The van der Waals surface area contributed by atoms with Gasteiger partial charge in [0.25, 0.3) is 5.91 Å². The standard InChI is InChI=1S/C19H25N5O/c1-4-23-9-11-24(12-10-23)18-13-17(20-15(3)21-18)19(25)22-16-7-5-14(2)6-8-16/h5-8,13H,4,9-12H2,1-3H3,(H,22,25). The van der Waals surface area contributed by atoms with Gasteiger partial charge in [0.2, 0.25) is 0 Å². The Hall–Kier alpha value is -2.47. The number of aromatic nitrogens is 2. The SMILES string of the molecule is CCN1CCN(c2cc(C(=O)Nc3ccc(C)cc3)nc(C)n2)CC1. The van der Waals surface area contributed by atoms with E-state index in [1.165, 1.54) is 0 Å². The molecule has 0 spiro atoms. The summed E-state index contributed by atoms with van der Waals surface area (Å²) in [5, 5.41) is 2.90. The van der Waals surface area contributed by atoms with E-state index in [9.17, 15) is 4.79 Å². The Kier molecular flexibility index (Phi) is 5.28. The number of likely N-dealkylation sites (N-methyl/N-ethyl adjacent to an activating group) is 1. The van der Waals surface area contributed by atoms with Gasteiger partial charge in [-0.2, -0.15) is 0 Å². The van der Waals surface area contributed by atoms with Crippen molar-refractivity contribution in [2.75, 3.05) is 42.9 Å². The maximum Gasteiger partial charge on any atom is 0.274 e. The first kappa shape index (κ1) is 17.4. The summed E-state index contributed by atoms with van der Waals surface area (Å²) in [6.45, 7) is 11.0. The van der Waals surface area contributed by atoms with Crippen LogP contribution in [0.4, 0.5) is 11.5 Å². The van der Waals surface area contributed by atoms with Crippen LogP contribution in [-0.2, 0) is 0 Å². The van der Waals surface area contributed by atoms with Gasteiger partial charge in [0.15, 0.2) is 0 Å². The molecular weight excluding hydrogens is 314 g/mol. The molecule has 1 N–H and O–H groups in total. The molecule has 0 atom stereocenters. The zero-order chi connectivity index (χ0) is 17.8. The molecule has 0 radical (unpaired) electrons. The molecular formula is C19H25N5O. The van der Waals surface area contributed by atoms with Gasteiger partial charge < -0.3 is 15.1 Å². The molecule has 6 nitrogen and oxygen atoms in total. The van der Waals surface area contributed by atoms with Crippen LogP contribution in [0.5, 0.6) is 0 Å². The maximum absolute atomic E-state index is 12.6. The van der Waals surface area contributed by atoms with Gasteiger partial charge in [-0.15, -0.1) is 0 Å². The third-order valence-corrected chi connectivity index (χ3v) is 4.51. The van der Waals surface area contributed by atoms with Gasteiger partial charge in [0.1, 0.15) is 17.3 Å². The van der Waals surface area contributed by atoms with Crippen LogP contribution in [0.2, 0.25) is 0 Å². The molecule has 132 valence electrons. The molecule has 25 heavy (non-hydrogen) atoms. The Labute approximate surface area is 148 Å². The first-order chi connectivity index (χ1) is 12.0. The minimum absolute atomic E-state index is 0.206. The fourth-order valence-corrected chi connectivity index (χ4v) is 2.96. The molecule has 2 heterocycles. The Morgan fingerprint density at radius 1 is 1.08 bits per heavy atom. The Morgan fingerprint density at radius 3 is 2.40 bits per heavy atom. The van der Waals surface area contributed by atoms with Crippen molar-refractivity contribution in [2.45, 2.75) is 20.8 Å². The molecule has 0 bridgehead atoms. The van der Waals surface area contributed by atoms with E-state index < -0.39 is 0 Å². The molecule has 1 aromatic heterocycles. The number of nitrogens with zero attached hydrogens (tertiary/aromatic N) is 4. The van der Waals surface area contributed by atoms with E-state index >= 15 is 0 Å². The molecule has 1 saturated heterocycles. The average Bonchev–Trinajstić information content (AvgIpc) is 2.63. The summed E-state index contributed by atoms with van der Waals surface area (Å²) in [7, 11) is 0. The smallest absolute Gasteiger partial charge is 0.274 e. The fraction of sp³-hybridized carbons (Fsp3) is 0.421. The predicted molar refractivity (Wildman–Crippen MR) is 100 cm³/mol. The van der Waals surface area contributed by atoms with E-state index in [-0.39, 0.29) is 5.91 Å². The topological polar surface area (TPSA) is 61.4 Å². The minimum atomic E-state index is -0.206. The zero-order valence-electron chi connectivity index (χ0n) is 15.1. The number of carbonyl (C=O) groups excluding carboxylic acids is 1. The first-order valence-electron chi connectivity index (χ1n) is 8.76. The Morgan fingerprint density at radius 2 is 1.76 bits per heavy atom. The third-order valence-electron chi connectivity index (χ3n) is 4.51. The molecule has 1 aliphatic heterocycles. The molecule has 1 amide bonds. The molecule has 0 aliphatic carbocycles. The maximum atomic E-state index is 12.6. The summed E-state index contributed by atoms with van der Waals surface area (Å²) in [6.07, 6.45) is 0. The normalized spacial score (nSPS) is 15.2. The highest BCUT2D eigenvalue weighted by Gasteiger charge is 2.19. The number of rotatable bonds is 4. The minimum Gasteiger partial charge on any atom is -0.354 e. The van der Waals surface area contributed by atoms with Crippen LogP contribution in [0.3, 0.4) is 0 Å². The summed E-state index contributed by atoms with van der Waals surface area (Å²) in [5.74, 6) is 1.24. The second-order valence-electron chi connectivity index (χ2n) is 6.40. The highest BCUT2D eigenvalue weighted by molar-refractivity contribution is 6.03. The largest absolute Gasteiger partial charge is 0.354 e. The molecule has 3 rings (SSSR count).